The highest BCUT2D eigenvalue weighted by Gasteiger charge is 2.35. The first-order valence-corrected chi connectivity index (χ1v) is 6.17. The van der Waals surface area contributed by atoms with Crippen molar-refractivity contribution in [1.82, 2.24) is 0 Å². The van der Waals surface area contributed by atoms with Crippen LogP contribution in [0.1, 0.15) is 12.5 Å². The second kappa shape index (κ2) is 4.53. The third-order valence-electron chi connectivity index (χ3n) is 2.10. The normalized spacial score (nSPS) is 14.7. The minimum Gasteiger partial charge on any atom is -0.479 e. The van der Waals surface area contributed by atoms with Crippen LogP contribution < -0.4 is 0 Å². The van der Waals surface area contributed by atoms with Gasteiger partial charge in [-0.25, -0.2) is 9.18 Å². The van der Waals surface area contributed by atoms with E-state index >= 15 is 0 Å². The molecule has 82 valence electrons. The molecule has 0 saturated carbocycles. The summed E-state index contributed by atoms with van der Waals surface area (Å²) >= 11 is 4.77. The monoisotopic (exact) mass is 292 g/mol. The quantitative estimate of drug-likeness (QED) is 0.867. The maximum absolute atomic E-state index is 13.7. The molecule has 0 spiro atoms. The molecule has 0 amide bonds. The van der Waals surface area contributed by atoms with Crippen LogP contribution in [0.2, 0.25) is 0 Å². The number of hydrogen-bond donors (Lipinski definition) is 1. The topological polar surface area (TPSA) is 37.3 Å². The van der Waals surface area contributed by atoms with Crippen molar-refractivity contribution >= 4 is 33.7 Å². The zero-order valence-corrected chi connectivity index (χ0v) is 10.7. The lowest BCUT2D eigenvalue weighted by molar-refractivity contribution is -0.150. The fraction of sp³-hybridized carbons (Fsp3) is 0.300. The van der Waals surface area contributed by atoms with Gasteiger partial charge < -0.3 is 5.11 Å². The maximum Gasteiger partial charge on any atom is 0.345 e. The molecular formula is C10H10BrFO2S. The lowest BCUT2D eigenvalue weighted by atomic mass is 9.98. The van der Waals surface area contributed by atoms with Crippen molar-refractivity contribution < 1.29 is 14.3 Å². The molecule has 1 atom stereocenters. The fourth-order valence-electron chi connectivity index (χ4n) is 1.08. The Balaban J connectivity index is 3.18. The van der Waals surface area contributed by atoms with Gasteiger partial charge in [0.05, 0.1) is 0 Å². The first kappa shape index (κ1) is 12.5. The van der Waals surface area contributed by atoms with Crippen LogP contribution in [0.5, 0.6) is 0 Å². The molecule has 0 saturated heterocycles. The van der Waals surface area contributed by atoms with Gasteiger partial charge in [-0.3, -0.25) is 0 Å². The highest BCUT2D eigenvalue weighted by molar-refractivity contribution is 9.10. The molecule has 0 aliphatic carbocycles. The van der Waals surface area contributed by atoms with Crippen molar-refractivity contribution in [3.63, 3.8) is 0 Å². The summed E-state index contributed by atoms with van der Waals surface area (Å²) in [7, 11) is 0. The highest BCUT2D eigenvalue weighted by Crippen LogP contribution is 2.32. The summed E-state index contributed by atoms with van der Waals surface area (Å²) in [5, 5.41) is 8.72. The van der Waals surface area contributed by atoms with Gasteiger partial charge in [0, 0.05) is 14.9 Å². The average Bonchev–Trinajstić information content (AvgIpc) is 2.17. The number of halogens is 2. The Labute approximate surface area is 100 Å². The summed E-state index contributed by atoms with van der Waals surface area (Å²) in [5.74, 6) is -1.48. The summed E-state index contributed by atoms with van der Waals surface area (Å²) < 4.78 is 14.4. The van der Waals surface area contributed by atoms with E-state index in [1.54, 1.807) is 6.07 Å². The Morgan fingerprint density at radius 3 is 2.60 bits per heavy atom. The number of benzene rings is 1. The zero-order valence-electron chi connectivity index (χ0n) is 8.25. The first-order valence-electron chi connectivity index (χ1n) is 4.16. The molecule has 0 radical (unpaired) electrons. The molecule has 2 nitrogen and oxygen atoms in total. The first-order chi connectivity index (χ1) is 6.89. The van der Waals surface area contributed by atoms with Crippen molar-refractivity contribution in [2.45, 2.75) is 17.5 Å². The van der Waals surface area contributed by atoms with Crippen molar-refractivity contribution in [2.24, 2.45) is 0 Å². The molecule has 1 N–H and O–H groups in total. The number of carboxylic acid groups (broad SMARTS) is 1. The summed E-state index contributed by atoms with van der Waals surface area (Å²) in [5.41, 5.74) is -2.21. The Bertz CT molecular complexity index is 393. The predicted molar refractivity (Wildman–Crippen MR) is 62.0 cm³/mol. The van der Waals surface area contributed by atoms with Gasteiger partial charge in [-0.05, 0) is 41.2 Å². The number of aliphatic carboxylic acids is 1. The van der Waals surface area contributed by atoms with Gasteiger partial charge in [0.1, 0.15) is 0 Å². The van der Waals surface area contributed by atoms with Crippen LogP contribution in [0.25, 0.3) is 0 Å². The van der Waals surface area contributed by atoms with E-state index in [1.165, 1.54) is 23.9 Å². The van der Waals surface area contributed by atoms with Crippen LogP contribution in [0, 0.1) is 0 Å². The number of carbonyl (C=O) groups is 1. The number of alkyl halides is 1. The van der Waals surface area contributed by atoms with Gasteiger partial charge >= 0.3 is 5.97 Å². The summed E-state index contributed by atoms with van der Waals surface area (Å²) in [6, 6.07) is 4.69. The molecule has 1 aromatic rings. The third-order valence-corrected chi connectivity index (χ3v) is 3.81. The highest BCUT2D eigenvalue weighted by atomic mass is 79.9. The number of carboxylic acids is 1. The maximum atomic E-state index is 13.7. The summed E-state index contributed by atoms with van der Waals surface area (Å²) in [6.07, 6.45) is 1.89. The minimum absolute atomic E-state index is 0.139. The van der Waals surface area contributed by atoms with Crippen molar-refractivity contribution in [3.05, 3.63) is 28.2 Å². The molecule has 5 heteroatoms. The van der Waals surface area contributed by atoms with Crippen molar-refractivity contribution in [1.29, 1.82) is 0 Å². The third kappa shape index (κ3) is 2.52. The van der Waals surface area contributed by atoms with Gasteiger partial charge in [0.2, 0.25) is 5.67 Å². The Kier molecular flexibility index (Phi) is 3.78. The molecule has 1 unspecified atom stereocenters. The van der Waals surface area contributed by atoms with E-state index in [0.717, 1.165) is 11.8 Å². The van der Waals surface area contributed by atoms with Gasteiger partial charge in [0.15, 0.2) is 0 Å². The van der Waals surface area contributed by atoms with Crippen LogP contribution >= 0.6 is 27.7 Å². The SMILES string of the molecule is CSc1ccc(C(C)(F)C(=O)O)cc1Br. The molecular weight excluding hydrogens is 283 g/mol. The molecule has 1 aromatic carbocycles. The smallest absolute Gasteiger partial charge is 0.345 e. The van der Waals surface area contributed by atoms with E-state index in [2.05, 4.69) is 15.9 Å². The molecule has 0 aromatic heterocycles. The largest absolute Gasteiger partial charge is 0.479 e. The van der Waals surface area contributed by atoms with E-state index < -0.39 is 11.6 Å². The average molecular weight is 293 g/mol. The van der Waals surface area contributed by atoms with Gasteiger partial charge in [-0.2, -0.15) is 0 Å². The Morgan fingerprint density at radius 1 is 1.60 bits per heavy atom. The summed E-state index contributed by atoms with van der Waals surface area (Å²) in [6.45, 7) is 1.04. The Morgan fingerprint density at radius 2 is 2.20 bits per heavy atom. The van der Waals surface area contributed by atoms with Crippen molar-refractivity contribution in [3.8, 4) is 0 Å². The molecule has 0 bridgehead atoms. The van der Waals surface area contributed by atoms with Gasteiger partial charge in [0.25, 0.3) is 0 Å². The van der Waals surface area contributed by atoms with E-state index in [4.69, 9.17) is 5.11 Å². The summed E-state index contributed by atoms with van der Waals surface area (Å²) in [4.78, 5) is 11.6. The number of rotatable bonds is 3. The van der Waals surface area contributed by atoms with Crippen LogP contribution in [-0.2, 0) is 10.5 Å². The second-order valence-electron chi connectivity index (χ2n) is 3.16. The van der Waals surface area contributed by atoms with E-state index in [9.17, 15) is 9.18 Å². The minimum atomic E-state index is -2.35. The molecule has 0 heterocycles. The van der Waals surface area contributed by atoms with E-state index in [1.807, 2.05) is 6.26 Å². The number of hydrogen-bond acceptors (Lipinski definition) is 2. The Hall–Kier alpha value is -0.550. The molecule has 15 heavy (non-hydrogen) atoms. The zero-order chi connectivity index (χ0) is 11.6. The van der Waals surface area contributed by atoms with Crippen LogP contribution in [0.15, 0.2) is 27.6 Å². The fourth-order valence-corrected chi connectivity index (χ4v) is 2.40. The van der Waals surface area contributed by atoms with Gasteiger partial charge in [-0.1, -0.05) is 6.07 Å². The lowest BCUT2D eigenvalue weighted by Crippen LogP contribution is -2.26. The van der Waals surface area contributed by atoms with Crippen LogP contribution in [0.3, 0.4) is 0 Å². The number of thioether (sulfide) groups is 1. The van der Waals surface area contributed by atoms with E-state index in [0.29, 0.717) is 4.47 Å². The van der Waals surface area contributed by atoms with Crippen LogP contribution in [-0.4, -0.2) is 17.3 Å². The molecule has 1 rings (SSSR count). The molecule has 0 aliphatic rings. The van der Waals surface area contributed by atoms with Crippen molar-refractivity contribution in [2.75, 3.05) is 6.26 Å². The second-order valence-corrected chi connectivity index (χ2v) is 4.86. The molecule has 0 fully saturated rings. The molecule has 0 aliphatic heterocycles. The van der Waals surface area contributed by atoms with Gasteiger partial charge in [-0.15, -0.1) is 11.8 Å². The van der Waals surface area contributed by atoms with E-state index in [-0.39, 0.29) is 5.56 Å². The lowest BCUT2D eigenvalue weighted by Gasteiger charge is -2.16. The predicted octanol–water partition coefficient (Wildman–Crippen LogP) is 3.44. The van der Waals surface area contributed by atoms with Crippen LogP contribution in [0.4, 0.5) is 4.39 Å². The standard InChI is InChI=1S/C10H10BrFO2S/c1-10(12,9(13)14)6-3-4-8(15-2)7(11)5-6/h3-5H,1-2H3,(H,13,14).